The van der Waals surface area contributed by atoms with Crippen LogP contribution in [0.15, 0.2) is 46.1 Å². The van der Waals surface area contributed by atoms with Gasteiger partial charge >= 0.3 is 5.69 Å². The van der Waals surface area contributed by atoms with E-state index in [0.29, 0.717) is 12.5 Å². The van der Waals surface area contributed by atoms with E-state index >= 15 is 0 Å². The molecule has 138 valence electrons. The molecular weight excluding hydrogens is 332 g/mol. The Kier molecular flexibility index (Phi) is 5.68. The summed E-state index contributed by atoms with van der Waals surface area (Å²) in [4.78, 5) is 39.8. The molecule has 1 saturated heterocycles. The van der Waals surface area contributed by atoms with E-state index in [1.165, 1.54) is 23.4 Å². The van der Waals surface area contributed by atoms with Crippen molar-refractivity contribution in [3.05, 3.63) is 68.5 Å². The first-order chi connectivity index (χ1) is 12.5. The number of hydrogen-bond acceptors (Lipinski definition) is 4. The standard InChI is InChI=1S/C19H24N4O3/c1-22-13-16(18(25)21-19(22)26)17(24)20-9-7-15-8-10-23(12-15)11-14-5-3-2-4-6-14/h2-6,13,15H,7-12H2,1H3,(H,20,24)(H,21,25,26)/t15-/m1/s1. The Balaban J connectivity index is 1.45. The number of likely N-dealkylation sites (tertiary alicyclic amines) is 1. The van der Waals surface area contributed by atoms with Crippen molar-refractivity contribution in [2.75, 3.05) is 19.6 Å². The lowest BCUT2D eigenvalue weighted by molar-refractivity contribution is 0.0949. The second kappa shape index (κ2) is 8.14. The van der Waals surface area contributed by atoms with Crippen LogP contribution in [-0.4, -0.2) is 40.0 Å². The van der Waals surface area contributed by atoms with Crippen molar-refractivity contribution in [1.82, 2.24) is 19.8 Å². The van der Waals surface area contributed by atoms with Crippen LogP contribution < -0.4 is 16.6 Å². The smallest absolute Gasteiger partial charge is 0.328 e. The van der Waals surface area contributed by atoms with Crippen LogP contribution in [0.5, 0.6) is 0 Å². The van der Waals surface area contributed by atoms with Gasteiger partial charge in [-0.3, -0.25) is 19.5 Å². The zero-order chi connectivity index (χ0) is 18.5. The van der Waals surface area contributed by atoms with Crippen LogP contribution >= 0.6 is 0 Å². The first kappa shape index (κ1) is 18.1. The number of rotatable bonds is 6. The minimum Gasteiger partial charge on any atom is -0.352 e. The lowest BCUT2D eigenvalue weighted by Gasteiger charge is -2.16. The molecule has 0 unspecified atom stereocenters. The van der Waals surface area contributed by atoms with E-state index in [4.69, 9.17) is 0 Å². The molecule has 26 heavy (non-hydrogen) atoms. The van der Waals surface area contributed by atoms with Gasteiger partial charge in [-0.25, -0.2) is 4.79 Å². The number of aryl methyl sites for hydroxylation is 1. The Morgan fingerprint density at radius 1 is 1.27 bits per heavy atom. The van der Waals surface area contributed by atoms with Gasteiger partial charge in [0.15, 0.2) is 0 Å². The normalized spacial score (nSPS) is 17.3. The van der Waals surface area contributed by atoms with Crippen molar-refractivity contribution < 1.29 is 4.79 Å². The molecule has 0 spiro atoms. The maximum Gasteiger partial charge on any atom is 0.328 e. The first-order valence-corrected chi connectivity index (χ1v) is 8.87. The van der Waals surface area contributed by atoms with Crippen molar-refractivity contribution in [1.29, 1.82) is 0 Å². The Hall–Kier alpha value is -2.67. The molecule has 2 heterocycles. The van der Waals surface area contributed by atoms with E-state index < -0.39 is 17.2 Å². The summed E-state index contributed by atoms with van der Waals surface area (Å²) in [6.45, 7) is 3.56. The molecule has 7 heteroatoms. The highest BCUT2D eigenvalue weighted by Gasteiger charge is 2.22. The summed E-state index contributed by atoms with van der Waals surface area (Å²) in [7, 11) is 1.49. The van der Waals surface area contributed by atoms with Gasteiger partial charge in [0, 0.05) is 32.9 Å². The summed E-state index contributed by atoms with van der Waals surface area (Å²) in [6, 6.07) is 10.4. The van der Waals surface area contributed by atoms with Gasteiger partial charge in [-0.1, -0.05) is 30.3 Å². The number of benzene rings is 1. The highest BCUT2D eigenvalue weighted by Crippen LogP contribution is 2.21. The third-order valence-electron chi connectivity index (χ3n) is 4.81. The average Bonchev–Trinajstić information content (AvgIpc) is 3.06. The maximum atomic E-state index is 12.2. The molecule has 1 aromatic carbocycles. The predicted octanol–water partition coefficient (Wildman–Crippen LogP) is 0.716. The molecule has 0 bridgehead atoms. The van der Waals surface area contributed by atoms with E-state index in [9.17, 15) is 14.4 Å². The molecule has 1 aliphatic rings. The molecule has 1 amide bonds. The van der Waals surface area contributed by atoms with Gasteiger partial charge < -0.3 is 9.88 Å². The topological polar surface area (TPSA) is 87.2 Å². The predicted molar refractivity (Wildman–Crippen MR) is 99.1 cm³/mol. The fraction of sp³-hybridized carbons (Fsp3) is 0.421. The monoisotopic (exact) mass is 356 g/mol. The number of hydrogen-bond donors (Lipinski definition) is 2. The molecule has 0 radical (unpaired) electrons. The zero-order valence-corrected chi connectivity index (χ0v) is 14.9. The molecule has 1 atom stereocenters. The number of H-pyrrole nitrogens is 1. The van der Waals surface area contributed by atoms with E-state index in [1.807, 2.05) is 6.07 Å². The lowest BCUT2D eigenvalue weighted by Crippen LogP contribution is -2.36. The highest BCUT2D eigenvalue weighted by molar-refractivity contribution is 5.93. The summed E-state index contributed by atoms with van der Waals surface area (Å²) in [5.74, 6) is 0.0958. The summed E-state index contributed by atoms with van der Waals surface area (Å²) < 4.78 is 1.19. The molecular formula is C19H24N4O3. The number of carbonyl (C=O) groups excluding carboxylic acids is 1. The molecule has 2 N–H and O–H groups in total. The van der Waals surface area contributed by atoms with Crippen molar-refractivity contribution in [3.63, 3.8) is 0 Å². The molecule has 0 aliphatic carbocycles. The lowest BCUT2D eigenvalue weighted by atomic mass is 10.1. The molecule has 1 fully saturated rings. The Bertz CT molecular complexity index is 872. The van der Waals surface area contributed by atoms with Gasteiger partial charge in [0.1, 0.15) is 5.56 Å². The molecule has 3 rings (SSSR count). The minimum atomic E-state index is -0.652. The van der Waals surface area contributed by atoms with Crippen LogP contribution in [0.3, 0.4) is 0 Å². The summed E-state index contributed by atoms with van der Waals surface area (Å²) in [5.41, 5.74) is 0.0936. The zero-order valence-electron chi connectivity index (χ0n) is 14.9. The van der Waals surface area contributed by atoms with E-state index in [1.54, 1.807) is 0 Å². The largest absolute Gasteiger partial charge is 0.352 e. The maximum absolute atomic E-state index is 12.2. The summed E-state index contributed by atoms with van der Waals surface area (Å²) >= 11 is 0. The Morgan fingerprint density at radius 2 is 2.04 bits per heavy atom. The highest BCUT2D eigenvalue weighted by atomic mass is 16.2. The first-order valence-electron chi connectivity index (χ1n) is 8.87. The fourth-order valence-corrected chi connectivity index (χ4v) is 3.34. The average molecular weight is 356 g/mol. The van der Waals surface area contributed by atoms with Crippen LogP contribution in [0.1, 0.15) is 28.8 Å². The van der Waals surface area contributed by atoms with Crippen molar-refractivity contribution >= 4 is 5.91 Å². The van der Waals surface area contributed by atoms with Crippen LogP contribution in [-0.2, 0) is 13.6 Å². The van der Waals surface area contributed by atoms with Crippen molar-refractivity contribution in [2.45, 2.75) is 19.4 Å². The Labute approximate surface area is 151 Å². The van der Waals surface area contributed by atoms with Crippen LogP contribution in [0, 0.1) is 5.92 Å². The number of nitrogens with one attached hydrogen (secondary N) is 2. The number of nitrogens with zero attached hydrogens (tertiary/aromatic N) is 2. The van der Waals surface area contributed by atoms with Crippen LogP contribution in [0.4, 0.5) is 0 Å². The van der Waals surface area contributed by atoms with E-state index in [2.05, 4.69) is 39.5 Å². The number of carbonyl (C=O) groups is 1. The third kappa shape index (κ3) is 4.49. The van der Waals surface area contributed by atoms with E-state index in [0.717, 1.165) is 32.5 Å². The second-order valence-electron chi connectivity index (χ2n) is 6.83. The fourth-order valence-electron chi connectivity index (χ4n) is 3.34. The van der Waals surface area contributed by atoms with Crippen molar-refractivity contribution in [2.24, 2.45) is 13.0 Å². The van der Waals surface area contributed by atoms with Crippen LogP contribution in [0.25, 0.3) is 0 Å². The molecule has 1 aliphatic heterocycles. The van der Waals surface area contributed by atoms with Crippen LogP contribution in [0.2, 0.25) is 0 Å². The van der Waals surface area contributed by atoms with Crippen molar-refractivity contribution in [3.8, 4) is 0 Å². The summed E-state index contributed by atoms with van der Waals surface area (Å²) in [6.07, 6.45) is 3.26. The van der Waals surface area contributed by atoms with Gasteiger partial charge in [0.2, 0.25) is 0 Å². The molecule has 7 nitrogen and oxygen atoms in total. The quantitative estimate of drug-likeness (QED) is 0.798. The number of aromatic nitrogens is 2. The van der Waals surface area contributed by atoms with Gasteiger partial charge in [0.25, 0.3) is 11.5 Å². The minimum absolute atomic E-state index is 0.0378. The third-order valence-corrected chi connectivity index (χ3v) is 4.81. The second-order valence-corrected chi connectivity index (χ2v) is 6.83. The number of amides is 1. The number of aromatic amines is 1. The Morgan fingerprint density at radius 3 is 2.81 bits per heavy atom. The molecule has 0 saturated carbocycles. The SMILES string of the molecule is Cn1cc(C(=O)NCC[C@@H]2CCN(Cc3ccccc3)C2)c(=O)[nH]c1=O. The van der Waals surface area contributed by atoms with Gasteiger partial charge in [-0.05, 0) is 30.9 Å². The van der Waals surface area contributed by atoms with Gasteiger partial charge in [-0.2, -0.15) is 0 Å². The molecule has 1 aromatic heterocycles. The molecule has 2 aromatic rings. The summed E-state index contributed by atoms with van der Waals surface area (Å²) in [5, 5.41) is 2.79. The van der Waals surface area contributed by atoms with E-state index in [-0.39, 0.29) is 5.56 Å². The van der Waals surface area contributed by atoms with Gasteiger partial charge in [-0.15, -0.1) is 0 Å². The van der Waals surface area contributed by atoms with Gasteiger partial charge in [0.05, 0.1) is 0 Å².